The minimum absolute atomic E-state index is 0.0163. The Morgan fingerprint density at radius 3 is 1.26 bits per heavy atom. The summed E-state index contributed by atoms with van der Waals surface area (Å²) in [6.45, 7) is 25.5. The Morgan fingerprint density at radius 2 is 0.936 bits per heavy atom. The first-order valence-corrected chi connectivity index (χ1v) is 17.8. The third-order valence-electron chi connectivity index (χ3n) is 7.82. The molecule has 0 aliphatic carbocycles. The van der Waals surface area contributed by atoms with Crippen molar-refractivity contribution in [2.45, 2.75) is 128 Å². The van der Waals surface area contributed by atoms with Crippen LogP contribution in [0.5, 0.6) is 11.5 Å². The van der Waals surface area contributed by atoms with E-state index >= 15 is 0 Å². The van der Waals surface area contributed by atoms with Gasteiger partial charge in [0.05, 0.1) is 23.0 Å². The number of nitrogens with two attached hydrogens (primary N) is 4. The second kappa shape index (κ2) is 17.4. The van der Waals surface area contributed by atoms with Crippen LogP contribution in [0, 0.1) is 10.8 Å². The molecule has 0 atom stereocenters. The average Bonchev–Trinajstić information content (AvgIpc) is 2.90. The number of aliphatic imine (C=N–C) groups is 2. The van der Waals surface area contributed by atoms with E-state index in [1.165, 1.54) is 11.1 Å². The molecular weight excluding hydrogens is 605 g/mol. The van der Waals surface area contributed by atoms with Gasteiger partial charge in [0.15, 0.2) is 11.9 Å². The van der Waals surface area contributed by atoms with Crippen molar-refractivity contribution >= 4 is 23.7 Å². The molecule has 2 aromatic rings. The summed E-state index contributed by atoms with van der Waals surface area (Å²) in [5, 5.41) is 0. The van der Waals surface area contributed by atoms with Crippen LogP contribution in [0.15, 0.2) is 56.2 Å². The van der Waals surface area contributed by atoms with Crippen LogP contribution in [0.3, 0.4) is 0 Å². The molecular formula is C38H64N6O2S. The van der Waals surface area contributed by atoms with Crippen molar-refractivity contribution in [2.24, 2.45) is 43.7 Å². The van der Waals surface area contributed by atoms with E-state index in [9.17, 15) is 0 Å². The number of hydrogen-bond donors (Lipinski definition) is 4. The Labute approximate surface area is 289 Å². The molecule has 2 aromatic carbocycles. The molecule has 2 rings (SSSR count). The summed E-state index contributed by atoms with van der Waals surface area (Å²) in [5.41, 5.74) is 24.9. The summed E-state index contributed by atoms with van der Waals surface area (Å²) in [7, 11) is 0. The first-order chi connectivity index (χ1) is 21.7. The van der Waals surface area contributed by atoms with Crippen molar-refractivity contribution in [1.29, 1.82) is 0 Å². The van der Waals surface area contributed by atoms with Gasteiger partial charge in [-0.25, -0.2) is 0 Å². The van der Waals surface area contributed by atoms with Crippen LogP contribution in [0.2, 0.25) is 0 Å². The largest absolute Gasteiger partial charge is 0.492 e. The zero-order valence-corrected chi connectivity index (χ0v) is 31.8. The molecule has 0 aliphatic heterocycles. The topological polar surface area (TPSA) is 147 Å². The van der Waals surface area contributed by atoms with E-state index in [1.54, 1.807) is 11.8 Å². The smallest absolute Gasteiger partial charge is 0.185 e. The average molecular weight is 669 g/mol. The molecule has 0 fully saturated rings. The number of nitrogens with zero attached hydrogens (tertiary/aromatic N) is 2. The van der Waals surface area contributed by atoms with Crippen LogP contribution in [-0.2, 0) is 10.8 Å². The summed E-state index contributed by atoms with van der Waals surface area (Å²) in [4.78, 5) is 10.4. The van der Waals surface area contributed by atoms with Gasteiger partial charge < -0.3 is 32.4 Å². The van der Waals surface area contributed by atoms with Gasteiger partial charge in [-0.2, -0.15) is 0 Å². The lowest BCUT2D eigenvalue weighted by Crippen LogP contribution is -2.25. The SMILES string of the molecule is CC(C)(C)CC(C)(C)c1ccc(OCCCCN=C(N)N)c(Sc2cc(C(C)(C)CC(C)(C)C)ccc2OCCCCN=C(N)N)c1. The number of guanidine groups is 2. The maximum Gasteiger partial charge on any atom is 0.185 e. The molecule has 0 amide bonds. The third-order valence-corrected chi connectivity index (χ3v) is 8.90. The quantitative estimate of drug-likeness (QED) is 0.0712. The highest BCUT2D eigenvalue weighted by atomic mass is 32.2. The van der Waals surface area contributed by atoms with E-state index in [0.29, 0.717) is 26.3 Å². The van der Waals surface area contributed by atoms with Crippen LogP contribution >= 0.6 is 11.8 Å². The van der Waals surface area contributed by atoms with Gasteiger partial charge >= 0.3 is 0 Å². The molecule has 0 saturated carbocycles. The lowest BCUT2D eigenvalue weighted by molar-refractivity contribution is 0.282. The zero-order chi connectivity index (χ0) is 35.5. The highest BCUT2D eigenvalue weighted by molar-refractivity contribution is 7.99. The molecule has 0 spiro atoms. The van der Waals surface area contributed by atoms with Crippen LogP contribution in [0.25, 0.3) is 0 Å². The van der Waals surface area contributed by atoms with Gasteiger partial charge in [0.1, 0.15) is 11.5 Å². The van der Waals surface area contributed by atoms with Crippen molar-refractivity contribution < 1.29 is 9.47 Å². The van der Waals surface area contributed by atoms with Crippen LogP contribution < -0.4 is 32.4 Å². The van der Waals surface area contributed by atoms with E-state index in [2.05, 4.69) is 116 Å². The molecule has 0 heterocycles. The van der Waals surface area contributed by atoms with E-state index in [-0.39, 0.29) is 33.6 Å². The van der Waals surface area contributed by atoms with Gasteiger partial charge in [0.25, 0.3) is 0 Å². The van der Waals surface area contributed by atoms with Gasteiger partial charge in [0, 0.05) is 13.1 Å². The van der Waals surface area contributed by atoms with Gasteiger partial charge in [0.2, 0.25) is 0 Å². The van der Waals surface area contributed by atoms with Gasteiger partial charge in [-0.3, -0.25) is 9.98 Å². The highest BCUT2D eigenvalue weighted by Crippen LogP contribution is 2.46. The molecule has 8 N–H and O–H groups in total. The standard InChI is InChI=1S/C38H64N6O2S/c1-35(2,3)25-37(7,8)27-15-17-29(45-21-13-11-19-43-33(39)40)31(23-27)47-32-24-28(38(9,10)26-36(4,5)6)16-18-30(32)46-22-14-12-20-44-34(41)42/h15-18,23-24H,11-14,19-22,25-26H2,1-10H3,(H4,39,40,43)(H4,41,42,44). The van der Waals surface area contributed by atoms with Crippen molar-refractivity contribution in [3.63, 3.8) is 0 Å². The molecule has 0 saturated heterocycles. The van der Waals surface area contributed by atoms with Crippen LogP contribution in [-0.4, -0.2) is 38.2 Å². The van der Waals surface area contributed by atoms with Crippen LogP contribution in [0.4, 0.5) is 0 Å². The minimum atomic E-state index is -0.0163. The molecule has 0 unspecified atom stereocenters. The van der Waals surface area contributed by atoms with Gasteiger partial charge in [-0.05, 0) is 95.6 Å². The number of unbranched alkanes of at least 4 members (excludes halogenated alkanes) is 2. The molecule has 8 nitrogen and oxygen atoms in total. The molecule has 264 valence electrons. The number of rotatable bonds is 18. The molecule has 0 bridgehead atoms. The maximum absolute atomic E-state index is 6.43. The summed E-state index contributed by atoms with van der Waals surface area (Å²) in [5.74, 6) is 1.99. The fourth-order valence-corrected chi connectivity index (χ4v) is 7.50. The zero-order valence-electron chi connectivity index (χ0n) is 31.0. The summed E-state index contributed by atoms with van der Waals surface area (Å²) < 4.78 is 12.9. The minimum Gasteiger partial charge on any atom is -0.492 e. The third kappa shape index (κ3) is 15.1. The van der Waals surface area contributed by atoms with Gasteiger partial charge in [-0.1, -0.05) is 93.1 Å². The lowest BCUT2D eigenvalue weighted by atomic mass is 9.72. The predicted molar refractivity (Wildman–Crippen MR) is 202 cm³/mol. The highest BCUT2D eigenvalue weighted by Gasteiger charge is 2.30. The fraction of sp³-hybridized carbons (Fsp3) is 0.632. The Hall–Kier alpha value is -3.07. The Balaban J connectivity index is 2.50. The first-order valence-electron chi connectivity index (χ1n) is 17.0. The van der Waals surface area contributed by atoms with Crippen molar-refractivity contribution in [3.05, 3.63) is 47.5 Å². The summed E-state index contributed by atoms with van der Waals surface area (Å²) in [6.07, 6.45) is 5.51. The maximum atomic E-state index is 6.43. The molecule has 47 heavy (non-hydrogen) atoms. The number of benzene rings is 2. The number of ether oxygens (including phenoxy) is 2. The van der Waals surface area contributed by atoms with Crippen LogP contribution in [0.1, 0.15) is 119 Å². The monoisotopic (exact) mass is 668 g/mol. The summed E-state index contributed by atoms with van der Waals surface area (Å²) >= 11 is 1.72. The van der Waals surface area contributed by atoms with Crippen molar-refractivity contribution in [3.8, 4) is 11.5 Å². The number of hydrogen-bond acceptors (Lipinski definition) is 5. The molecule has 0 radical (unpaired) electrons. The van der Waals surface area contributed by atoms with Gasteiger partial charge in [-0.15, -0.1) is 0 Å². The Kier molecular flexibility index (Phi) is 14.8. The molecule has 0 aliphatic rings. The normalized spacial score (nSPS) is 12.5. The lowest BCUT2D eigenvalue weighted by Gasteiger charge is -2.34. The molecule has 9 heteroatoms. The van der Waals surface area contributed by atoms with E-state index in [4.69, 9.17) is 32.4 Å². The fourth-order valence-electron chi connectivity index (χ4n) is 6.44. The first kappa shape index (κ1) is 40.1. The second-order valence-electron chi connectivity index (χ2n) is 16.4. The van der Waals surface area contributed by atoms with E-state index < -0.39 is 0 Å². The summed E-state index contributed by atoms with van der Waals surface area (Å²) in [6, 6.07) is 13.3. The van der Waals surface area contributed by atoms with E-state index in [1.807, 2.05) is 0 Å². The predicted octanol–water partition coefficient (Wildman–Crippen LogP) is 8.13. The Bertz CT molecular complexity index is 1230. The van der Waals surface area contributed by atoms with Crippen molar-refractivity contribution in [2.75, 3.05) is 26.3 Å². The molecule has 0 aromatic heterocycles. The van der Waals surface area contributed by atoms with E-state index in [0.717, 1.165) is 59.8 Å². The Morgan fingerprint density at radius 1 is 0.574 bits per heavy atom. The second-order valence-corrected chi connectivity index (χ2v) is 17.5. The van der Waals surface area contributed by atoms with Crippen molar-refractivity contribution in [1.82, 2.24) is 0 Å².